The molecule has 2 aromatic rings. The molecular formula is C18H20N2O3. The summed E-state index contributed by atoms with van der Waals surface area (Å²) in [5, 5.41) is 14.3. The highest BCUT2D eigenvalue weighted by Crippen LogP contribution is 2.19. The summed E-state index contributed by atoms with van der Waals surface area (Å²) in [6, 6.07) is 13.9. The summed E-state index contributed by atoms with van der Waals surface area (Å²) >= 11 is 0. The quantitative estimate of drug-likeness (QED) is 0.915. The van der Waals surface area contributed by atoms with Gasteiger partial charge in [0.25, 0.3) is 0 Å². The van der Waals surface area contributed by atoms with Crippen LogP contribution in [-0.4, -0.2) is 35.1 Å². The van der Waals surface area contributed by atoms with E-state index in [1.54, 1.807) is 4.90 Å². The van der Waals surface area contributed by atoms with Crippen LogP contribution in [0.25, 0.3) is 10.8 Å². The highest BCUT2D eigenvalue weighted by molar-refractivity contribution is 5.86. The monoisotopic (exact) mass is 312 g/mol. The number of hydrogen-bond acceptors (Lipinski definition) is 2. The van der Waals surface area contributed by atoms with Gasteiger partial charge in [0.05, 0.1) is 5.92 Å². The number of hydrogen-bond donors (Lipinski definition) is 2. The Morgan fingerprint density at radius 3 is 2.78 bits per heavy atom. The minimum Gasteiger partial charge on any atom is -0.481 e. The number of carboxylic acids is 1. The van der Waals surface area contributed by atoms with Crippen molar-refractivity contribution in [2.45, 2.75) is 19.4 Å². The first-order valence-electron chi connectivity index (χ1n) is 7.87. The van der Waals surface area contributed by atoms with Gasteiger partial charge in [-0.05, 0) is 29.2 Å². The molecule has 0 aliphatic carbocycles. The number of carbonyl (C=O) groups is 2. The van der Waals surface area contributed by atoms with Crippen molar-refractivity contribution in [2.24, 2.45) is 5.92 Å². The van der Waals surface area contributed by atoms with Crippen molar-refractivity contribution in [3.63, 3.8) is 0 Å². The fourth-order valence-electron chi connectivity index (χ4n) is 3.09. The van der Waals surface area contributed by atoms with Crippen LogP contribution < -0.4 is 5.32 Å². The molecular weight excluding hydrogens is 292 g/mol. The van der Waals surface area contributed by atoms with E-state index in [1.807, 2.05) is 42.5 Å². The fraction of sp³-hybridized carbons (Fsp3) is 0.333. The Bertz CT molecular complexity index is 724. The van der Waals surface area contributed by atoms with Gasteiger partial charge in [-0.1, -0.05) is 42.5 Å². The molecule has 1 aliphatic heterocycles. The van der Waals surface area contributed by atoms with Crippen LogP contribution >= 0.6 is 0 Å². The molecule has 3 rings (SSSR count). The van der Waals surface area contributed by atoms with Crippen molar-refractivity contribution in [1.29, 1.82) is 0 Å². The number of fused-ring (bicyclic) bond motifs is 1. The first-order chi connectivity index (χ1) is 11.1. The Morgan fingerprint density at radius 2 is 1.96 bits per heavy atom. The maximum atomic E-state index is 12.3. The maximum Gasteiger partial charge on any atom is 0.317 e. The van der Waals surface area contributed by atoms with Gasteiger partial charge in [0.15, 0.2) is 0 Å². The number of carboxylic acid groups (broad SMARTS) is 1. The third kappa shape index (κ3) is 3.44. The summed E-state index contributed by atoms with van der Waals surface area (Å²) in [5.74, 6) is -1.27. The molecule has 0 radical (unpaired) electrons. The van der Waals surface area contributed by atoms with Gasteiger partial charge >= 0.3 is 12.0 Å². The number of benzene rings is 2. The highest BCUT2D eigenvalue weighted by Gasteiger charge is 2.27. The summed E-state index contributed by atoms with van der Waals surface area (Å²) in [6.07, 6.45) is 1.38. The molecule has 120 valence electrons. The standard InChI is InChI=1S/C18H20N2O3/c21-17(22)15-8-4-10-20(12-15)18(23)19-11-14-7-3-6-13-5-1-2-9-16(13)14/h1-3,5-7,9,15H,4,8,10-12H2,(H,19,23)(H,21,22). The van der Waals surface area contributed by atoms with Crippen molar-refractivity contribution in [3.05, 3.63) is 48.0 Å². The van der Waals surface area contributed by atoms with E-state index in [0.29, 0.717) is 19.5 Å². The van der Waals surface area contributed by atoms with E-state index in [0.717, 1.165) is 22.8 Å². The lowest BCUT2D eigenvalue weighted by Gasteiger charge is -2.30. The lowest BCUT2D eigenvalue weighted by molar-refractivity contribution is -0.143. The van der Waals surface area contributed by atoms with Gasteiger partial charge in [-0.25, -0.2) is 4.79 Å². The van der Waals surface area contributed by atoms with Crippen LogP contribution in [0.2, 0.25) is 0 Å². The average molecular weight is 312 g/mol. The first kappa shape index (κ1) is 15.3. The van der Waals surface area contributed by atoms with Crippen molar-refractivity contribution < 1.29 is 14.7 Å². The Labute approximate surface area is 134 Å². The molecule has 2 amide bonds. The summed E-state index contributed by atoms with van der Waals surface area (Å²) < 4.78 is 0. The van der Waals surface area contributed by atoms with Gasteiger partial charge < -0.3 is 15.3 Å². The number of nitrogens with zero attached hydrogens (tertiary/aromatic N) is 1. The predicted molar refractivity (Wildman–Crippen MR) is 88.1 cm³/mol. The van der Waals surface area contributed by atoms with Gasteiger partial charge in [-0.2, -0.15) is 0 Å². The lowest BCUT2D eigenvalue weighted by Crippen LogP contribution is -2.46. The van der Waals surface area contributed by atoms with E-state index in [9.17, 15) is 9.59 Å². The largest absolute Gasteiger partial charge is 0.481 e. The molecule has 0 spiro atoms. The topological polar surface area (TPSA) is 69.6 Å². The Kier molecular flexibility index (Phi) is 4.46. The Morgan fingerprint density at radius 1 is 1.17 bits per heavy atom. The van der Waals surface area contributed by atoms with Crippen molar-refractivity contribution in [3.8, 4) is 0 Å². The second-order valence-electron chi connectivity index (χ2n) is 5.92. The molecule has 1 saturated heterocycles. The molecule has 0 aromatic heterocycles. The van der Waals surface area contributed by atoms with Crippen LogP contribution in [-0.2, 0) is 11.3 Å². The van der Waals surface area contributed by atoms with Gasteiger partial charge in [-0.3, -0.25) is 4.79 Å². The van der Waals surface area contributed by atoms with Crippen LogP contribution in [0.3, 0.4) is 0 Å². The summed E-state index contributed by atoms with van der Waals surface area (Å²) in [7, 11) is 0. The molecule has 2 N–H and O–H groups in total. The van der Waals surface area contributed by atoms with Gasteiger partial charge in [0.1, 0.15) is 0 Å². The Hall–Kier alpha value is -2.56. The number of carbonyl (C=O) groups excluding carboxylic acids is 1. The number of amides is 2. The zero-order valence-corrected chi connectivity index (χ0v) is 12.9. The molecule has 0 bridgehead atoms. The molecule has 5 heteroatoms. The van der Waals surface area contributed by atoms with E-state index in [4.69, 9.17) is 5.11 Å². The zero-order chi connectivity index (χ0) is 16.2. The fourth-order valence-corrected chi connectivity index (χ4v) is 3.09. The molecule has 1 unspecified atom stereocenters. The van der Waals surface area contributed by atoms with Gasteiger partial charge in [-0.15, -0.1) is 0 Å². The van der Waals surface area contributed by atoms with E-state index >= 15 is 0 Å². The predicted octanol–water partition coefficient (Wildman–Crippen LogP) is 2.85. The molecule has 2 aromatic carbocycles. The second-order valence-corrected chi connectivity index (χ2v) is 5.92. The number of likely N-dealkylation sites (tertiary alicyclic amines) is 1. The minimum atomic E-state index is -0.823. The first-order valence-corrected chi connectivity index (χ1v) is 7.87. The summed E-state index contributed by atoms with van der Waals surface area (Å²) in [6.45, 7) is 1.34. The maximum absolute atomic E-state index is 12.3. The third-order valence-corrected chi connectivity index (χ3v) is 4.37. The van der Waals surface area contributed by atoms with E-state index in [-0.39, 0.29) is 12.6 Å². The van der Waals surface area contributed by atoms with Crippen molar-refractivity contribution in [2.75, 3.05) is 13.1 Å². The molecule has 0 saturated carbocycles. The minimum absolute atomic E-state index is 0.191. The number of aliphatic carboxylic acids is 1. The number of nitrogens with one attached hydrogen (secondary N) is 1. The van der Waals surface area contributed by atoms with Crippen molar-refractivity contribution >= 4 is 22.8 Å². The summed E-state index contributed by atoms with van der Waals surface area (Å²) in [5.41, 5.74) is 1.06. The normalized spacial score (nSPS) is 17.9. The van der Waals surface area contributed by atoms with Crippen LogP contribution in [0.5, 0.6) is 0 Å². The molecule has 1 atom stereocenters. The molecule has 23 heavy (non-hydrogen) atoms. The van der Waals surface area contributed by atoms with Crippen LogP contribution in [0.4, 0.5) is 4.79 Å². The van der Waals surface area contributed by atoms with E-state index in [2.05, 4.69) is 5.32 Å². The van der Waals surface area contributed by atoms with Crippen molar-refractivity contribution in [1.82, 2.24) is 10.2 Å². The van der Waals surface area contributed by atoms with Gasteiger partial charge in [0, 0.05) is 19.6 Å². The smallest absolute Gasteiger partial charge is 0.317 e. The van der Waals surface area contributed by atoms with Gasteiger partial charge in [0.2, 0.25) is 0 Å². The number of urea groups is 1. The second kappa shape index (κ2) is 6.69. The van der Waals surface area contributed by atoms with Crippen LogP contribution in [0, 0.1) is 5.92 Å². The Balaban J connectivity index is 1.65. The third-order valence-electron chi connectivity index (χ3n) is 4.37. The molecule has 1 heterocycles. The number of rotatable bonds is 3. The number of piperidine rings is 1. The molecule has 1 fully saturated rings. The lowest BCUT2D eigenvalue weighted by atomic mass is 9.99. The summed E-state index contributed by atoms with van der Waals surface area (Å²) in [4.78, 5) is 25.0. The average Bonchev–Trinajstić information content (AvgIpc) is 2.59. The SMILES string of the molecule is O=C(O)C1CCCN(C(=O)NCc2cccc3ccccc23)C1. The van der Waals surface area contributed by atoms with E-state index < -0.39 is 11.9 Å². The highest BCUT2D eigenvalue weighted by atomic mass is 16.4. The molecule has 5 nitrogen and oxygen atoms in total. The molecule has 1 aliphatic rings. The van der Waals surface area contributed by atoms with E-state index in [1.165, 1.54) is 0 Å². The zero-order valence-electron chi connectivity index (χ0n) is 12.9. The van der Waals surface area contributed by atoms with Crippen LogP contribution in [0.15, 0.2) is 42.5 Å². The van der Waals surface area contributed by atoms with Crippen LogP contribution in [0.1, 0.15) is 18.4 Å².